The molecule has 0 bridgehead atoms. The van der Waals surface area contributed by atoms with Crippen LogP contribution in [0.25, 0.3) is 0 Å². The van der Waals surface area contributed by atoms with E-state index in [-0.39, 0.29) is 12.5 Å². The van der Waals surface area contributed by atoms with Gasteiger partial charge in [0, 0.05) is 7.05 Å². The lowest BCUT2D eigenvalue weighted by Gasteiger charge is -2.15. The Morgan fingerprint density at radius 3 is 2.75 bits per heavy atom. The van der Waals surface area contributed by atoms with E-state index < -0.39 is 5.97 Å². The van der Waals surface area contributed by atoms with Gasteiger partial charge in [-0.1, -0.05) is 11.6 Å². The number of rotatable bonds is 4. The van der Waals surface area contributed by atoms with Gasteiger partial charge in [0.15, 0.2) is 0 Å². The predicted octanol–water partition coefficient (Wildman–Crippen LogP) is 2.04. The lowest BCUT2D eigenvalue weighted by molar-refractivity contribution is -0.143. The van der Waals surface area contributed by atoms with Gasteiger partial charge in [0.1, 0.15) is 11.4 Å². The Morgan fingerprint density at radius 1 is 1.56 bits per heavy atom. The lowest BCUT2D eigenvalue weighted by Crippen LogP contribution is -2.32. The first-order valence-corrected chi connectivity index (χ1v) is 5.96. The largest absolute Gasteiger partial charge is 0.465 e. The van der Waals surface area contributed by atoms with Crippen molar-refractivity contribution in [3.63, 3.8) is 0 Å². The summed E-state index contributed by atoms with van der Waals surface area (Å²) in [5.41, 5.74) is 0. The van der Waals surface area contributed by atoms with Gasteiger partial charge in [-0.15, -0.1) is 11.3 Å². The minimum Gasteiger partial charge on any atom is -0.465 e. The van der Waals surface area contributed by atoms with Crippen molar-refractivity contribution in [3.8, 4) is 0 Å². The average molecular weight is 262 g/mol. The van der Waals surface area contributed by atoms with Crippen LogP contribution in [0.5, 0.6) is 0 Å². The third-order valence-corrected chi connectivity index (χ3v) is 3.16. The standard InChI is InChI=1S/C10H12ClNO3S/c1-3-15-8(13)6-12(2)10(14)9-7(11)4-5-16-9/h4-5H,3,6H2,1-2H3. The number of carbonyl (C=O) groups is 2. The smallest absolute Gasteiger partial charge is 0.325 e. The number of esters is 1. The summed E-state index contributed by atoms with van der Waals surface area (Å²) in [6, 6.07) is 1.65. The molecule has 0 atom stereocenters. The zero-order chi connectivity index (χ0) is 12.1. The predicted molar refractivity (Wildman–Crippen MR) is 62.9 cm³/mol. The number of ether oxygens (including phenoxy) is 1. The van der Waals surface area contributed by atoms with Crippen molar-refractivity contribution >= 4 is 34.8 Å². The summed E-state index contributed by atoms with van der Waals surface area (Å²) in [6.45, 7) is 1.96. The molecule has 88 valence electrons. The fourth-order valence-electron chi connectivity index (χ4n) is 1.09. The van der Waals surface area contributed by atoms with Crippen molar-refractivity contribution in [2.75, 3.05) is 20.2 Å². The molecular formula is C10H12ClNO3S. The van der Waals surface area contributed by atoms with Gasteiger partial charge in [0.25, 0.3) is 5.91 Å². The maximum Gasteiger partial charge on any atom is 0.325 e. The van der Waals surface area contributed by atoms with Crippen LogP contribution in [0.3, 0.4) is 0 Å². The van der Waals surface area contributed by atoms with Gasteiger partial charge in [-0.25, -0.2) is 0 Å². The SMILES string of the molecule is CCOC(=O)CN(C)C(=O)c1sccc1Cl. The van der Waals surface area contributed by atoms with Crippen LogP contribution >= 0.6 is 22.9 Å². The van der Waals surface area contributed by atoms with Crippen molar-refractivity contribution in [2.45, 2.75) is 6.92 Å². The first-order chi connectivity index (χ1) is 7.56. The number of nitrogens with zero attached hydrogens (tertiary/aromatic N) is 1. The number of hydrogen-bond donors (Lipinski definition) is 0. The topological polar surface area (TPSA) is 46.6 Å². The van der Waals surface area contributed by atoms with Crippen LogP contribution in [0.4, 0.5) is 0 Å². The Bertz CT molecular complexity index is 391. The quantitative estimate of drug-likeness (QED) is 0.780. The normalized spacial score (nSPS) is 9.94. The van der Waals surface area contributed by atoms with E-state index >= 15 is 0 Å². The molecule has 1 amide bonds. The van der Waals surface area contributed by atoms with Crippen LogP contribution in [0.1, 0.15) is 16.6 Å². The summed E-state index contributed by atoms with van der Waals surface area (Å²) in [7, 11) is 1.54. The third-order valence-electron chi connectivity index (χ3n) is 1.83. The maximum atomic E-state index is 11.8. The molecular weight excluding hydrogens is 250 g/mol. The van der Waals surface area contributed by atoms with Gasteiger partial charge in [0.05, 0.1) is 11.6 Å². The molecule has 0 radical (unpaired) electrons. The highest BCUT2D eigenvalue weighted by Gasteiger charge is 2.18. The molecule has 0 unspecified atom stereocenters. The Hall–Kier alpha value is -1.07. The molecule has 16 heavy (non-hydrogen) atoms. The number of carbonyl (C=O) groups excluding carboxylic acids is 2. The Kier molecular flexibility index (Phi) is 4.76. The van der Waals surface area contributed by atoms with Crippen LogP contribution in [-0.2, 0) is 9.53 Å². The summed E-state index contributed by atoms with van der Waals surface area (Å²) >= 11 is 7.07. The monoisotopic (exact) mass is 261 g/mol. The summed E-state index contributed by atoms with van der Waals surface area (Å²) < 4.78 is 4.75. The van der Waals surface area contributed by atoms with Crippen LogP contribution in [-0.4, -0.2) is 37.0 Å². The van der Waals surface area contributed by atoms with Crippen molar-refractivity contribution in [2.24, 2.45) is 0 Å². The van der Waals surface area contributed by atoms with E-state index in [4.69, 9.17) is 16.3 Å². The van der Waals surface area contributed by atoms with Gasteiger partial charge < -0.3 is 9.64 Å². The van der Waals surface area contributed by atoms with E-state index in [1.54, 1.807) is 18.4 Å². The van der Waals surface area contributed by atoms with Crippen molar-refractivity contribution < 1.29 is 14.3 Å². The third kappa shape index (κ3) is 3.21. The van der Waals surface area contributed by atoms with Gasteiger partial charge in [-0.2, -0.15) is 0 Å². The lowest BCUT2D eigenvalue weighted by atomic mass is 10.4. The summed E-state index contributed by atoms with van der Waals surface area (Å²) in [4.78, 5) is 24.7. The van der Waals surface area contributed by atoms with E-state index in [9.17, 15) is 9.59 Å². The highest BCUT2D eigenvalue weighted by molar-refractivity contribution is 7.12. The summed E-state index contributed by atoms with van der Waals surface area (Å²) in [5, 5.41) is 2.14. The molecule has 4 nitrogen and oxygen atoms in total. The first-order valence-electron chi connectivity index (χ1n) is 4.70. The molecule has 1 heterocycles. The van der Waals surface area contributed by atoms with Gasteiger partial charge >= 0.3 is 5.97 Å². The zero-order valence-corrected chi connectivity index (χ0v) is 10.6. The Balaban J connectivity index is 2.61. The number of amides is 1. The van der Waals surface area contributed by atoms with E-state index in [0.717, 1.165) is 0 Å². The van der Waals surface area contributed by atoms with E-state index in [0.29, 0.717) is 16.5 Å². The average Bonchev–Trinajstić information content (AvgIpc) is 2.63. The minimum atomic E-state index is -0.425. The van der Waals surface area contributed by atoms with Crippen LogP contribution in [0.2, 0.25) is 5.02 Å². The second kappa shape index (κ2) is 5.86. The molecule has 0 saturated carbocycles. The maximum absolute atomic E-state index is 11.8. The molecule has 0 saturated heterocycles. The number of thiophene rings is 1. The molecule has 0 aromatic carbocycles. The molecule has 0 aliphatic rings. The zero-order valence-electron chi connectivity index (χ0n) is 9.03. The molecule has 6 heteroatoms. The fraction of sp³-hybridized carbons (Fsp3) is 0.400. The molecule has 0 aliphatic heterocycles. The molecule has 0 spiro atoms. The summed E-state index contributed by atoms with van der Waals surface area (Å²) in [5.74, 6) is -0.695. The molecule has 0 N–H and O–H groups in total. The van der Waals surface area contributed by atoms with Gasteiger partial charge in [0.2, 0.25) is 0 Å². The second-order valence-corrected chi connectivity index (χ2v) is 4.39. The Morgan fingerprint density at radius 2 is 2.25 bits per heavy atom. The van der Waals surface area contributed by atoms with Crippen molar-refractivity contribution in [1.82, 2.24) is 4.90 Å². The van der Waals surface area contributed by atoms with Gasteiger partial charge in [-0.3, -0.25) is 9.59 Å². The second-order valence-electron chi connectivity index (χ2n) is 3.06. The molecule has 1 aromatic rings. The van der Waals surface area contributed by atoms with Gasteiger partial charge in [-0.05, 0) is 18.4 Å². The van der Waals surface area contributed by atoms with Crippen LogP contribution < -0.4 is 0 Å². The molecule has 1 aromatic heterocycles. The summed E-state index contributed by atoms with van der Waals surface area (Å²) in [6.07, 6.45) is 0. The Labute approximate surface area is 103 Å². The van der Waals surface area contributed by atoms with E-state index in [1.165, 1.54) is 23.3 Å². The van der Waals surface area contributed by atoms with Crippen LogP contribution in [0, 0.1) is 0 Å². The fourth-order valence-corrected chi connectivity index (χ4v) is 2.22. The number of halogens is 1. The van der Waals surface area contributed by atoms with Crippen molar-refractivity contribution in [1.29, 1.82) is 0 Å². The number of hydrogen-bond acceptors (Lipinski definition) is 4. The molecule has 1 rings (SSSR count). The number of likely N-dealkylation sites (N-methyl/N-ethyl adjacent to an activating group) is 1. The highest BCUT2D eigenvalue weighted by atomic mass is 35.5. The van der Waals surface area contributed by atoms with E-state index in [2.05, 4.69) is 0 Å². The van der Waals surface area contributed by atoms with Crippen molar-refractivity contribution in [3.05, 3.63) is 21.3 Å². The molecule has 0 aliphatic carbocycles. The van der Waals surface area contributed by atoms with E-state index in [1.807, 2.05) is 0 Å². The first kappa shape index (κ1) is 13.0. The molecule has 0 fully saturated rings. The van der Waals surface area contributed by atoms with Crippen LogP contribution in [0.15, 0.2) is 11.4 Å². The minimum absolute atomic E-state index is 0.0685. The highest BCUT2D eigenvalue weighted by Crippen LogP contribution is 2.23.